The number of hydrogen-bond acceptors (Lipinski definition) is 3. The first kappa shape index (κ1) is 15.1. The summed E-state index contributed by atoms with van der Waals surface area (Å²) in [7, 11) is 0. The van der Waals surface area contributed by atoms with Crippen LogP contribution in [0.25, 0.3) is 0 Å². The van der Waals surface area contributed by atoms with Crippen molar-refractivity contribution in [2.75, 3.05) is 6.54 Å². The molecule has 4 heteroatoms. The van der Waals surface area contributed by atoms with E-state index in [4.69, 9.17) is 9.15 Å². The Morgan fingerprint density at radius 3 is 2.90 bits per heavy atom. The molecule has 0 radical (unpaired) electrons. The van der Waals surface area contributed by atoms with Crippen LogP contribution in [0.2, 0.25) is 0 Å². The number of nitrogens with one attached hydrogen (secondary N) is 1. The number of benzene rings is 1. The average Bonchev–Trinajstić information content (AvgIpc) is 2.86. The van der Waals surface area contributed by atoms with E-state index in [1.165, 1.54) is 0 Å². The maximum atomic E-state index is 5.78. The first-order valence-corrected chi connectivity index (χ1v) is 7.64. The molecule has 0 saturated carbocycles. The summed E-state index contributed by atoms with van der Waals surface area (Å²) in [5, 5.41) is 3.35. The first-order chi connectivity index (χ1) is 9.69. The molecule has 0 fully saturated rings. The molecule has 1 N–H and O–H groups in total. The molecule has 3 nitrogen and oxygen atoms in total. The molecule has 1 aromatic carbocycles. The minimum absolute atomic E-state index is 0.455. The Labute approximate surface area is 128 Å². The van der Waals surface area contributed by atoms with Crippen LogP contribution in [-0.2, 0) is 13.2 Å². The number of aryl methyl sites for hydroxylation is 1. The van der Waals surface area contributed by atoms with Crippen LogP contribution in [0.3, 0.4) is 0 Å². The normalized spacial score (nSPS) is 10.8. The lowest BCUT2D eigenvalue weighted by Crippen LogP contribution is -2.13. The van der Waals surface area contributed by atoms with Crippen LogP contribution in [0, 0.1) is 6.92 Å². The lowest BCUT2D eigenvalue weighted by Gasteiger charge is -2.07. The molecule has 0 aliphatic rings. The Balaban J connectivity index is 1.87. The SMILES string of the molecule is CCCNCc1coc(COc2ccc(Br)cc2C)c1. The van der Waals surface area contributed by atoms with E-state index >= 15 is 0 Å². The fraction of sp³-hybridized carbons (Fsp3) is 0.375. The second kappa shape index (κ2) is 7.50. The minimum atomic E-state index is 0.455. The molecule has 0 aliphatic carbocycles. The van der Waals surface area contributed by atoms with E-state index in [-0.39, 0.29) is 0 Å². The van der Waals surface area contributed by atoms with Gasteiger partial charge in [0, 0.05) is 16.6 Å². The Morgan fingerprint density at radius 2 is 2.15 bits per heavy atom. The van der Waals surface area contributed by atoms with Crippen molar-refractivity contribution in [2.24, 2.45) is 0 Å². The van der Waals surface area contributed by atoms with Crippen molar-refractivity contribution in [1.82, 2.24) is 5.32 Å². The maximum Gasteiger partial charge on any atom is 0.146 e. The van der Waals surface area contributed by atoms with Gasteiger partial charge >= 0.3 is 0 Å². The number of rotatable bonds is 7. The van der Waals surface area contributed by atoms with E-state index in [9.17, 15) is 0 Å². The average molecular weight is 338 g/mol. The lowest BCUT2D eigenvalue weighted by atomic mass is 10.2. The van der Waals surface area contributed by atoms with Gasteiger partial charge < -0.3 is 14.5 Å². The van der Waals surface area contributed by atoms with Crippen LogP contribution < -0.4 is 10.1 Å². The first-order valence-electron chi connectivity index (χ1n) is 6.85. The third-order valence-corrected chi connectivity index (χ3v) is 3.46. The Bertz CT molecular complexity index is 551. The summed E-state index contributed by atoms with van der Waals surface area (Å²) in [6.07, 6.45) is 2.92. The summed E-state index contributed by atoms with van der Waals surface area (Å²) in [6, 6.07) is 8.02. The van der Waals surface area contributed by atoms with Crippen molar-refractivity contribution in [1.29, 1.82) is 0 Å². The quantitative estimate of drug-likeness (QED) is 0.759. The van der Waals surface area contributed by atoms with Crippen LogP contribution >= 0.6 is 15.9 Å². The molecule has 0 amide bonds. The third-order valence-electron chi connectivity index (χ3n) is 2.97. The summed E-state index contributed by atoms with van der Waals surface area (Å²) in [5.41, 5.74) is 2.26. The zero-order valence-corrected chi connectivity index (χ0v) is 13.5. The molecular formula is C16H20BrNO2. The molecule has 0 saturated heterocycles. The molecule has 0 aliphatic heterocycles. The Morgan fingerprint density at radius 1 is 1.30 bits per heavy atom. The predicted octanol–water partition coefficient (Wildman–Crippen LogP) is 4.43. The van der Waals surface area contributed by atoms with Gasteiger partial charge in [-0.3, -0.25) is 0 Å². The van der Waals surface area contributed by atoms with E-state index in [2.05, 4.69) is 28.2 Å². The van der Waals surface area contributed by atoms with Gasteiger partial charge in [0.05, 0.1) is 6.26 Å². The molecule has 0 bridgehead atoms. The van der Waals surface area contributed by atoms with Crippen LogP contribution in [0.15, 0.2) is 39.4 Å². The van der Waals surface area contributed by atoms with Gasteiger partial charge in [-0.05, 0) is 49.7 Å². The highest BCUT2D eigenvalue weighted by Crippen LogP contribution is 2.23. The highest BCUT2D eigenvalue weighted by Gasteiger charge is 2.05. The van der Waals surface area contributed by atoms with Crippen molar-refractivity contribution in [3.63, 3.8) is 0 Å². The molecule has 1 aromatic heterocycles. The molecule has 20 heavy (non-hydrogen) atoms. The van der Waals surface area contributed by atoms with Crippen molar-refractivity contribution < 1.29 is 9.15 Å². The molecule has 108 valence electrons. The van der Waals surface area contributed by atoms with Gasteiger partial charge in [0.2, 0.25) is 0 Å². The van der Waals surface area contributed by atoms with Crippen LogP contribution in [0.1, 0.15) is 30.2 Å². The van der Waals surface area contributed by atoms with E-state index in [0.29, 0.717) is 6.61 Å². The van der Waals surface area contributed by atoms with Crippen LogP contribution in [0.5, 0.6) is 5.75 Å². The standard InChI is InChI=1S/C16H20BrNO2/c1-3-6-18-9-13-8-15(19-10-13)11-20-16-5-4-14(17)7-12(16)2/h4-5,7-8,10,18H,3,6,9,11H2,1-2H3. The second-order valence-corrected chi connectivity index (χ2v) is 5.71. The van der Waals surface area contributed by atoms with Crippen molar-refractivity contribution in [2.45, 2.75) is 33.4 Å². The summed E-state index contributed by atoms with van der Waals surface area (Å²) in [5.74, 6) is 1.73. The highest BCUT2D eigenvalue weighted by atomic mass is 79.9. The molecule has 0 atom stereocenters. The Kier molecular flexibility index (Phi) is 5.68. The van der Waals surface area contributed by atoms with Crippen molar-refractivity contribution in [3.05, 3.63) is 51.9 Å². The largest absolute Gasteiger partial charge is 0.485 e. The van der Waals surface area contributed by atoms with Gasteiger partial charge in [-0.25, -0.2) is 0 Å². The molecular weight excluding hydrogens is 318 g/mol. The van der Waals surface area contributed by atoms with Gasteiger partial charge in [0.1, 0.15) is 18.1 Å². The molecule has 0 unspecified atom stereocenters. The molecule has 2 rings (SSSR count). The predicted molar refractivity (Wildman–Crippen MR) is 83.9 cm³/mol. The fourth-order valence-electron chi connectivity index (χ4n) is 1.93. The number of hydrogen-bond donors (Lipinski definition) is 1. The minimum Gasteiger partial charge on any atom is -0.485 e. The van der Waals surface area contributed by atoms with E-state index in [0.717, 1.165) is 46.6 Å². The Hall–Kier alpha value is -1.26. The highest BCUT2D eigenvalue weighted by molar-refractivity contribution is 9.10. The van der Waals surface area contributed by atoms with Gasteiger partial charge in [-0.15, -0.1) is 0 Å². The van der Waals surface area contributed by atoms with E-state index in [1.54, 1.807) is 6.26 Å². The zero-order chi connectivity index (χ0) is 14.4. The number of halogens is 1. The van der Waals surface area contributed by atoms with Gasteiger partial charge in [-0.1, -0.05) is 22.9 Å². The monoisotopic (exact) mass is 337 g/mol. The van der Waals surface area contributed by atoms with Gasteiger partial charge in [0.15, 0.2) is 0 Å². The fourth-order valence-corrected chi connectivity index (χ4v) is 2.40. The summed E-state index contributed by atoms with van der Waals surface area (Å²) >= 11 is 3.44. The van der Waals surface area contributed by atoms with E-state index < -0.39 is 0 Å². The zero-order valence-electron chi connectivity index (χ0n) is 11.9. The van der Waals surface area contributed by atoms with E-state index in [1.807, 2.05) is 31.2 Å². The summed E-state index contributed by atoms with van der Waals surface area (Å²) < 4.78 is 12.3. The smallest absolute Gasteiger partial charge is 0.146 e. The molecule has 0 spiro atoms. The lowest BCUT2D eigenvalue weighted by molar-refractivity contribution is 0.268. The van der Waals surface area contributed by atoms with Crippen LogP contribution in [-0.4, -0.2) is 6.54 Å². The maximum absolute atomic E-state index is 5.78. The summed E-state index contributed by atoms with van der Waals surface area (Å²) in [4.78, 5) is 0. The number of ether oxygens (including phenoxy) is 1. The van der Waals surface area contributed by atoms with Crippen LogP contribution in [0.4, 0.5) is 0 Å². The van der Waals surface area contributed by atoms with Crippen molar-refractivity contribution in [3.8, 4) is 5.75 Å². The van der Waals surface area contributed by atoms with Crippen molar-refractivity contribution >= 4 is 15.9 Å². The number of furan rings is 1. The third kappa shape index (κ3) is 4.39. The summed E-state index contributed by atoms with van der Waals surface area (Å²) in [6.45, 7) is 6.50. The van der Waals surface area contributed by atoms with Gasteiger partial charge in [-0.2, -0.15) is 0 Å². The molecule has 2 aromatic rings. The van der Waals surface area contributed by atoms with Gasteiger partial charge in [0.25, 0.3) is 0 Å². The topological polar surface area (TPSA) is 34.4 Å². The molecule has 1 heterocycles. The second-order valence-electron chi connectivity index (χ2n) is 4.80.